The zero-order valence-electron chi connectivity index (χ0n) is 30.6. The maximum Gasteiger partial charge on any atom is 0.272 e. The molecule has 0 bridgehead atoms. The second-order valence-corrected chi connectivity index (χ2v) is 13.5. The van der Waals surface area contributed by atoms with Gasteiger partial charge in [0.2, 0.25) is 0 Å². The Morgan fingerprint density at radius 3 is 1.57 bits per heavy atom. The van der Waals surface area contributed by atoms with Crippen LogP contribution in [-0.4, -0.2) is 50.9 Å². The predicted molar refractivity (Wildman–Crippen MR) is 225 cm³/mol. The molecule has 8 aromatic rings. The van der Waals surface area contributed by atoms with Gasteiger partial charge in [-0.05, 0) is 47.5 Å². The first-order valence-corrected chi connectivity index (χ1v) is 18.4. The van der Waals surface area contributed by atoms with E-state index in [1.807, 2.05) is 121 Å². The Morgan fingerprint density at radius 1 is 0.625 bits per heavy atom. The van der Waals surface area contributed by atoms with Gasteiger partial charge in [0.1, 0.15) is 0 Å². The molecule has 3 heterocycles. The summed E-state index contributed by atoms with van der Waals surface area (Å²) in [7, 11) is 0. The molecule has 0 amide bonds. The topological polar surface area (TPSA) is 162 Å². The van der Waals surface area contributed by atoms with Gasteiger partial charge in [0, 0.05) is 52.7 Å². The minimum Gasteiger partial charge on any atom is -0.399 e. The first-order valence-electron chi connectivity index (χ1n) is 18.4. The molecule has 1 aliphatic heterocycles. The summed E-state index contributed by atoms with van der Waals surface area (Å²) in [6.45, 7) is 1.42. The van der Waals surface area contributed by atoms with Crippen LogP contribution in [0.5, 0.6) is 0 Å². The Kier molecular flexibility index (Phi) is 12.0. The van der Waals surface area contributed by atoms with E-state index in [0.717, 1.165) is 57.6 Å². The van der Waals surface area contributed by atoms with Crippen LogP contribution in [0.1, 0.15) is 11.1 Å². The first kappa shape index (κ1) is 37.4. The van der Waals surface area contributed by atoms with Crippen LogP contribution >= 0.6 is 0 Å². The molecule has 0 saturated carbocycles. The van der Waals surface area contributed by atoms with E-state index in [1.54, 1.807) is 12.1 Å². The molecule has 280 valence electrons. The molecule has 10 heteroatoms. The summed E-state index contributed by atoms with van der Waals surface area (Å²) in [6.07, 6.45) is 1.74. The van der Waals surface area contributed by atoms with E-state index in [0.29, 0.717) is 35.5 Å². The van der Waals surface area contributed by atoms with Crippen LogP contribution in [0.2, 0.25) is 0 Å². The van der Waals surface area contributed by atoms with Crippen LogP contribution < -0.4 is 22.2 Å². The molecular formula is C46H42N6O4. The van der Waals surface area contributed by atoms with Crippen molar-refractivity contribution in [3.63, 3.8) is 0 Å². The van der Waals surface area contributed by atoms with Crippen molar-refractivity contribution in [1.82, 2.24) is 20.4 Å². The highest BCUT2D eigenvalue weighted by Crippen LogP contribution is 2.26. The van der Waals surface area contributed by atoms with Crippen molar-refractivity contribution in [3.8, 4) is 22.5 Å². The number of anilines is 2. The summed E-state index contributed by atoms with van der Waals surface area (Å²) in [5.74, 6) is 0. The van der Waals surface area contributed by atoms with Crippen molar-refractivity contribution >= 4 is 32.9 Å². The van der Waals surface area contributed by atoms with Crippen LogP contribution in [0.4, 0.5) is 11.4 Å². The number of fused-ring (bicyclic) bond motifs is 2. The average molecular weight is 743 g/mol. The molecule has 9 rings (SSSR count). The number of nitrogens with zero attached hydrogens (tertiary/aromatic N) is 2. The predicted octanol–water partition coefficient (Wildman–Crippen LogP) is 7.41. The van der Waals surface area contributed by atoms with Gasteiger partial charge < -0.3 is 20.9 Å². The van der Waals surface area contributed by atoms with E-state index in [9.17, 15) is 14.7 Å². The lowest BCUT2D eigenvalue weighted by Crippen LogP contribution is -2.21. The van der Waals surface area contributed by atoms with Crippen molar-refractivity contribution in [1.29, 1.82) is 0 Å². The molecule has 6 N–H and O–H groups in total. The number of H-pyrrole nitrogens is 2. The summed E-state index contributed by atoms with van der Waals surface area (Å²) < 4.78 is 5.11. The number of aliphatic hydroxyl groups excluding tert-OH is 1. The SMILES string of the molecule is Nc1ccc(-c2n[nH]c(=O)c3ccccc23)cc1.O=c1[nH]nc(-c2ccc(NCC(O)Cc3ccccc3)cc2)c2ccccc12.c1ccc(CC2CO2)cc1. The molecule has 1 saturated heterocycles. The van der Waals surface area contributed by atoms with Crippen molar-refractivity contribution in [2.45, 2.75) is 25.0 Å². The third-order valence-electron chi connectivity index (χ3n) is 9.30. The standard InChI is InChI=1S/C23H21N3O2.C14H11N3O.C9H10O/c27-19(14-16-6-2-1-3-7-16)15-24-18-12-10-17(11-13-18)22-20-8-4-5-9-21(20)23(28)26-25-22;15-10-7-5-9(6-8-10)13-11-3-1-2-4-12(11)14(18)17-16-13;1-2-4-8(5-3-1)6-9-7-10-9/h1-13,19,24,27H,14-15H2,(H,26,28);1-8H,15H2,(H,17,18);1-5,9H,6-7H2. The molecule has 1 fully saturated rings. The zero-order chi connectivity index (χ0) is 38.7. The van der Waals surface area contributed by atoms with Gasteiger partial charge in [0.05, 0.1) is 41.0 Å². The Morgan fingerprint density at radius 2 is 1.07 bits per heavy atom. The number of ether oxygens (including phenoxy) is 1. The molecule has 6 aromatic carbocycles. The summed E-state index contributed by atoms with van der Waals surface area (Å²) >= 11 is 0. The van der Waals surface area contributed by atoms with Crippen LogP contribution in [0.25, 0.3) is 44.1 Å². The van der Waals surface area contributed by atoms with E-state index < -0.39 is 6.10 Å². The van der Waals surface area contributed by atoms with Crippen LogP contribution in [0, 0.1) is 0 Å². The maximum absolute atomic E-state index is 11.9. The third kappa shape index (κ3) is 9.80. The molecule has 0 aliphatic carbocycles. The van der Waals surface area contributed by atoms with Crippen molar-refractivity contribution in [2.24, 2.45) is 0 Å². The lowest BCUT2D eigenvalue weighted by molar-refractivity contribution is 0.188. The number of rotatable bonds is 9. The number of epoxide rings is 1. The van der Waals surface area contributed by atoms with Gasteiger partial charge in [0.25, 0.3) is 11.1 Å². The van der Waals surface area contributed by atoms with E-state index in [1.165, 1.54) is 5.56 Å². The molecule has 2 unspecified atom stereocenters. The summed E-state index contributed by atoms with van der Waals surface area (Å²) in [5.41, 5.74) is 12.8. The molecule has 10 nitrogen and oxygen atoms in total. The van der Waals surface area contributed by atoms with Gasteiger partial charge in [-0.3, -0.25) is 9.59 Å². The molecule has 56 heavy (non-hydrogen) atoms. The highest BCUT2D eigenvalue weighted by Gasteiger charge is 2.22. The number of benzene rings is 6. The van der Waals surface area contributed by atoms with Crippen molar-refractivity contribution < 1.29 is 9.84 Å². The van der Waals surface area contributed by atoms with Gasteiger partial charge >= 0.3 is 0 Å². The zero-order valence-corrected chi connectivity index (χ0v) is 30.6. The van der Waals surface area contributed by atoms with Gasteiger partial charge in [-0.15, -0.1) is 0 Å². The highest BCUT2D eigenvalue weighted by atomic mass is 16.6. The highest BCUT2D eigenvalue weighted by molar-refractivity contribution is 5.94. The molecule has 2 atom stereocenters. The first-order chi connectivity index (χ1) is 27.4. The van der Waals surface area contributed by atoms with E-state index in [4.69, 9.17) is 10.5 Å². The smallest absolute Gasteiger partial charge is 0.272 e. The summed E-state index contributed by atoms with van der Waals surface area (Å²) in [4.78, 5) is 23.6. The normalized spacial score (nSPS) is 13.5. The Bertz CT molecular complexity index is 2610. The third-order valence-corrected chi connectivity index (χ3v) is 9.30. The Hall–Kier alpha value is -6.88. The monoisotopic (exact) mass is 742 g/mol. The summed E-state index contributed by atoms with van der Waals surface area (Å²) in [5, 5.41) is 29.9. The van der Waals surface area contributed by atoms with E-state index in [-0.39, 0.29) is 11.1 Å². The average Bonchev–Trinajstić information content (AvgIpc) is 4.07. The number of nitrogens with one attached hydrogen (secondary N) is 3. The fourth-order valence-electron chi connectivity index (χ4n) is 6.31. The van der Waals surface area contributed by atoms with E-state index in [2.05, 4.69) is 50.0 Å². The largest absolute Gasteiger partial charge is 0.399 e. The Labute approximate surface area is 323 Å². The number of aromatic nitrogens is 4. The van der Waals surface area contributed by atoms with Gasteiger partial charge in [0.15, 0.2) is 0 Å². The van der Waals surface area contributed by atoms with Gasteiger partial charge in [-0.25, -0.2) is 10.2 Å². The number of hydrogen-bond donors (Lipinski definition) is 5. The fraction of sp³-hybridized carbons (Fsp3) is 0.130. The molecule has 2 aromatic heterocycles. The van der Waals surface area contributed by atoms with E-state index >= 15 is 0 Å². The number of hydrogen-bond acceptors (Lipinski definition) is 8. The molecule has 0 spiro atoms. The van der Waals surface area contributed by atoms with Crippen molar-refractivity contribution in [2.75, 3.05) is 24.2 Å². The molecule has 1 aliphatic rings. The lowest BCUT2D eigenvalue weighted by Gasteiger charge is -2.13. The minimum atomic E-state index is -0.466. The van der Waals surface area contributed by atoms with Gasteiger partial charge in [-0.1, -0.05) is 121 Å². The van der Waals surface area contributed by atoms with Crippen LogP contribution in [-0.2, 0) is 17.6 Å². The van der Waals surface area contributed by atoms with Crippen LogP contribution in [0.3, 0.4) is 0 Å². The quantitative estimate of drug-likeness (QED) is 0.0755. The summed E-state index contributed by atoms with van der Waals surface area (Å²) in [6, 6.07) is 50.5. The fourth-order valence-corrected chi connectivity index (χ4v) is 6.31. The molecule has 0 radical (unpaired) electrons. The lowest BCUT2D eigenvalue weighted by atomic mass is 10.0. The number of nitrogens with two attached hydrogens (primary N) is 1. The number of nitrogen functional groups attached to an aromatic ring is 1. The second kappa shape index (κ2) is 18.0. The number of aromatic amines is 2. The molecular weight excluding hydrogens is 701 g/mol. The van der Waals surface area contributed by atoms with Crippen LogP contribution in [0.15, 0.2) is 167 Å². The minimum absolute atomic E-state index is 0.176. The second-order valence-electron chi connectivity index (χ2n) is 13.5. The van der Waals surface area contributed by atoms with Crippen molar-refractivity contribution in [3.05, 3.63) is 190 Å². The maximum atomic E-state index is 11.9. The number of aliphatic hydroxyl groups is 1. The Balaban J connectivity index is 0.000000145. The van der Waals surface area contributed by atoms with Gasteiger partial charge in [-0.2, -0.15) is 10.2 Å².